The van der Waals surface area contributed by atoms with Crippen molar-refractivity contribution in [3.05, 3.63) is 60.7 Å². The third kappa shape index (κ3) is 4.45. The second kappa shape index (κ2) is 7.89. The van der Waals surface area contributed by atoms with Crippen LogP contribution in [0.4, 0.5) is 0 Å². The van der Waals surface area contributed by atoms with Crippen LogP contribution in [0.15, 0.2) is 55.1 Å². The number of benzene rings is 1. The van der Waals surface area contributed by atoms with E-state index in [9.17, 15) is 0 Å². The number of allylic oxidation sites excluding steroid dienone is 1. The lowest BCUT2D eigenvalue weighted by Crippen LogP contribution is -2.00. The van der Waals surface area contributed by atoms with Gasteiger partial charge in [-0.2, -0.15) is 0 Å². The zero-order valence-electron chi connectivity index (χ0n) is 9.93. The first-order valence-corrected chi connectivity index (χ1v) is 5.82. The van der Waals surface area contributed by atoms with Crippen molar-refractivity contribution in [1.29, 1.82) is 0 Å². The van der Waals surface area contributed by atoms with Gasteiger partial charge in [-0.05, 0) is 12.0 Å². The maximum atomic E-state index is 5.72. The van der Waals surface area contributed by atoms with Gasteiger partial charge in [-0.3, -0.25) is 0 Å². The fourth-order valence-electron chi connectivity index (χ4n) is 1.45. The molecule has 1 atom stereocenters. The highest BCUT2D eigenvalue weighted by Crippen LogP contribution is 2.17. The van der Waals surface area contributed by atoms with Crippen molar-refractivity contribution in [3.63, 3.8) is 0 Å². The maximum Gasteiger partial charge on any atom is 0.101 e. The highest BCUT2D eigenvalue weighted by Gasteiger charge is 2.04. The fourth-order valence-corrected chi connectivity index (χ4v) is 1.45. The number of hydrogen-bond donors (Lipinski definition) is 0. The molecule has 0 aliphatic rings. The van der Waals surface area contributed by atoms with Crippen molar-refractivity contribution in [2.75, 3.05) is 6.61 Å². The quantitative estimate of drug-likeness (QED) is 0.618. The third-order valence-corrected chi connectivity index (χ3v) is 2.34. The van der Waals surface area contributed by atoms with Crippen LogP contribution in [0, 0.1) is 0 Å². The largest absolute Gasteiger partial charge is 0.365 e. The van der Waals surface area contributed by atoms with Crippen molar-refractivity contribution in [2.24, 2.45) is 0 Å². The Morgan fingerprint density at radius 1 is 1.25 bits per heavy atom. The lowest BCUT2D eigenvalue weighted by Gasteiger charge is -2.12. The van der Waals surface area contributed by atoms with Gasteiger partial charge < -0.3 is 4.74 Å². The maximum absolute atomic E-state index is 5.72. The zero-order chi connectivity index (χ0) is 11.6. The van der Waals surface area contributed by atoms with Gasteiger partial charge >= 0.3 is 0 Å². The molecule has 0 bridgehead atoms. The SMILES string of the molecule is C=CC(OC/C=C/CCC)c1ccccc1. The highest BCUT2D eigenvalue weighted by molar-refractivity contribution is 5.20. The molecule has 0 saturated heterocycles. The van der Waals surface area contributed by atoms with E-state index < -0.39 is 0 Å². The van der Waals surface area contributed by atoms with Crippen LogP contribution in [0.2, 0.25) is 0 Å². The predicted octanol–water partition coefficient (Wildman–Crippen LogP) is 4.29. The summed E-state index contributed by atoms with van der Waals surface area (Å²) in [6, 6.07) is 10.2. The van der Waals surface area contributed by atoms with Gasteiger partial charge in [0.05, 0.1) is 6.61 Å². The normalized spacial score (nSPS) is 12.8. The Balaban J connectivity index is 2.41. The second-order valence-corrected chi connectivity index (χ2v) is 3.66. The molecule has 0 aliphatic carbocycles. The summed E-state index contributed by atoms with van der Waals surface area (Å²) in [4.78, 5) is 0. The summed E-state index contributed by atoms with van der Waals surface area (Å²) in [5.41, 5.74) is 1.15. The van der Waals surface area contributed by atoms with Gasteiger partial charge in [-0.1, -0.05) is 61.9 Å². The first-order valence-electron chi connectivity index (χ1n) is 5.82. The molecule has 0 fully saturated rings. The molecule has 1 aromatic rings. The molecule has 1 nitrogen and oxygen atoms in total. The Morgan fingerprint density at radius 3 is 2.62 bits per heavy atom. The molecule has 0 N–H and O–H groups in total. The fraction of sp³-hybridized carbons (Fsp3) is 0.333. The molecule has 0 heterocycles. The first kappa shape index (κ1) is 12.7. The van der Waals surface area contributed by atoms with Crippen LogP contribution in [0.5, 0.6) is 0 Å². The van der Waals surface area contributed by atoms with Crippen molar-refractivity contribution in [2.45, 2.75) is 25.9 Å². The summed E-state index contributed by atoms with van der Waals surface area (Å²) in [5, 5.41) is 0. The number of rotatable bonds is 7. The zero-order valence-corrected chi connectivity index (χ0v) is 9.93. The lowest BCUT2D eigenvalue weighted by atomic mass is 10.1. The van der Waals surface area contributed by atoms with E-state index in [4.69, 9.17) is 4.74 Å². The van der Waals surface area contributed by atoms with Gasteiger partial charge in [0.2, 0.25) is 0 Å². The minimum Gasteiger partial charge on any atom is -0.365 e. The van der Waals surface area contributed by atoms with Gasteiger partial charge in [0, 0.05) is 0 Å². The van der Waals surface area contributed by atoms with Crippen molar-refractivity contribution in [3.8, 4) is 0 Å². The Hall–Kier alpha value is -1.34. The van der Waals surface area contributed by atoms with Crippen molar-refractivity contribution >= 4 is 0 Å². The summed E-state index contributed by atoms with van der Waals surface area (Å²) in [5.74, 6) is 0. The average molecular weight is 216 g/mol. The monoisotopic (exact) mass is 216 g/mol. The molecule has 0 aliphatic heterocycles. The van der Waals surface area contributed by atoms with E-state index in [0.29, 0.717) is 6.61 Å². The van der Waals surface area contributed by atoms with Gasteiger partial charge in [-0.25, -0.2) is 0 Å². The van der Waals surface area contributed by atoms with Gasteiger partial charge in [0.1, 0.15) is 6.10 Å². The Morgan fingerprint density at radius 2 is 2.00 bits per heavy atom. The van der Waals surface area contributed by atoms with Crippen LogP contribution in [-0.4, -0.2) is 6.61 Å². The molecule has 1 rings (SSSR count). The standard InChI is InChI=1S/C15H20O/c1-3-5-6-10-13-16-15(4-2)14-11-8-7-9-12-14/h4,6-12,15H,2-3,5,13H2,1H3/b10-6+. The molecule has 1 aromatic carbocycles. The van der Waals surface area contributed by atoms with E-state index in [-0.39, 0.29) is 6.10 Å². The van der Waals surface area contributed by atoms with Gasteiger partial charge in [0.25, 0.3) is 0 Å². The van der Waals surface area contributed by atoms with Crippen LogP contribution in [0.1, 0.15) is 31.4 Å². The second-order valence-electron chi connectivity index (χ2n) is 3.66. The van der Waals surface area contributed by atoms with Crippen LogP contribution in [0.3, 0.4) is 0 Å². The molecule has 0 amide bonds. The van der Waals surface area contributed by atoms with E-state index in [1.807, 2.05) is 24.3 Å². The summed E-state index contributed by atoms with van der Waals surface area (Å²) >= 11 is 0. The first-order chi connectivity index (χ1) is 7.88. The molecule has 86 valence electrons. The Kier molecular flexibility index (Phi) is 6.28. The molecule has 0 saturated carbocycles. The van der Waals surface area contributed by atoms with Crippen LogP contribution in [-0.2, 0) is 4.74 Å². The Bertz CT molecular complexity index is 313. The van der Waals surface area contributed by atoms with Crippen molar-refractivity contribution in [1.82, 2.24) is 0 Å². The molecule has 0 aromatic heterocycles. The summed E-state index contributed by atoms with van der Waals surface area (Å²) in [6.07, 6.45) is 8.36. The molecular formula is C15H20O. The minimum atomic E-state index is -0.00697. The number of ether oxygens (including phenoxy) is 1. The Labute approximate surface area is 98.5 Å². The molecule has 0 radical (unpaired) electrons. The van der Waals surface area contributed by atoms with E-state index in [1.165, 1.54) is 6.42 Å². The molecule has 0 spiro atoms. The molecule has 1 heteroatoms. The number of unbranched alkanes of at least 4 members (excludes halogenated alkanes) is 1. The van der Waals surface area contributed by atoms with Crippen LogP contribution in [0.25, 0.3) is 0 Å². The average Bonchev–Trinajstić information content (AvgIpc) is 2.35. The summed E-state index contributed by atoms with van der Waals surface area (Å²) < 4.78 is 5.72. The molecule has 16 heavy (non-hydrogen) atoms. The summed E-state index contributed by atoms with van der Waals surface area (Å²) in [6.45, 7) is 6.62. The van der Waals surface area contributed by atoms with Crippen LogP contribution < -0.4 is 0 Å². The molecular weight excluding hydrogens is 196 g/mol. The van der Waals surface area contributed by atoms with E-state index in [0.717, 1.165) is 12.0 Å². The van der Waals surface area contributed by atoms with Crippen molar-refractivity contribution < 1.29 is 4.74 Å². The van der Waals surface area contributed by atoms with E-state index in [1.54, 1.807) is 0 Å². The van der Waals surface area contributed by atoms with Crippen LogP contribution >= 0.6 is 0 Å². The number of hydrogen-bond acceptors (Lipinski definition) is 1. The minimum absolute atomic E-state index is 0.00697. The molecule has 1 unspecified atom stereocenters. The lowest BCUT2D eigenvalue weighted by molar-refractivity contribution is 0.110. The van der Waals surface area contributed by atoms with E-state index >= 15 is 0 Å². The smallest absolute Gasteiger partial charge is 0.101 e. The topological polar surface area (TPSA) is 9.23 Å². The predicted molar refractivity (Wildman–Crippen MR) is 69.4 cm³/mol. The van der Waals surface area contributed by atoms with E-state index in [2.05, 4.69) is 37.8 Å². The van der Waals surface area contributed by atoms with Gasteiger partial charge in [0.15, 0.2) is 0 Å². The van der Waals surface area contributed by atoms with Gasteiger partial charge in [-0.15, -0.1) is 6.58 Å². The third-order valence-electron chi connectivity index (χ3n) is 2.34. The highest BCUT2D eigenvalue weighted by atomic mass is 16.5. The summed E-state index contributed by atoms with van der Waals surface area (Å²) in [7, 11) is 0.